The van der Waals surface area contributed by atoms with Crippen LogP contribution in [0.2, 0.25) is 5.02 Å². The lowest BCUT2D eigenvalue weighted by Crippen LogP contribution is -2.23. The van der Waals surface area contributed by atoms with Crippen LogP contribution in [0.15, 0.2) is 49.1 Å². The molecule has 0 aliphatic rings. The molecule has 0 atom stereocenters. The van der Waals surface area contributed by atoms with Crippen molar-refractivity contribution in [1.82, 2.24) is 5.32 Å². The molecule has 0 unspecified atom stereocenters. The molecule has 2 aromatic rings. The summed E-state index contributed by atoms with van der Waals surface area (Å²) in [5, 5.41) is 3.44. The Morgan fingerprint density at radius 3 is 2.75 bits per heavy atom. The van der Waals surface area contributed by atoms with Crippen LogP contribution in [0.5, 0.6) is 11.5 Å². The molecule has 2 rings (SSSR count). The van der Waals surface area contributed by atoms with Crippen LogP contribution in [0.4, 0.5) is 0 Å². The van der Waals surface area contributed by atoms with Crippen molar-refractivity contribution in [1.29, 1.82) is 0 Å². The van der Waals surface area contributed by atoms with Crippen molar-refractivity contribution in [3.05, 3.63) is 70.8 Å². The van der Waals surface area contributed by atoms with E-state index in [1.807, 2.05) is 19.1 Å². The van der Waals surface area contributed by atoms with Gasteiger partial charge in [0.25, 0.3) is 5.91 Å². The van der Waals surface area contributed by atoms with Gasteiger partial charge in [-0.25, -0.2) is 0 Å². The Bertz CT molecular complexity index is 743. The average molecular weight is 346 g/mol. The third-order valence-corrected chi connectivity index (χ3v) is 3.90. The van der Waals surface area contributed by atoms with Gasteiger partial charge in [0.1, 0.15) is 18.1 Å². The minimum absolute atomic E-state index is 0.166. The topological polar surface area (TPSA) is 47.6 Å². The van der Waals surface area contributed by atoms with Crippen LogP contribution < -0.4 is 14.8 Å². The number of carbonyl (C=O) groups excluding carboxylic acids is 1. The summed E-state index contributed by atoms with van der Waals surface area (Å²) in [5.41, 5.74) is 2.28. The second-order valence-corrected chi connectivity index (χ2v) is 5.63. The highest BCUT2D eigenvalue weighted by Gasteiger charge is 2.10. The lowest BCUT2D eigenvalue weighted by Gasteiger charge is -2.13. The van der Waals surface area contributed by atoms with Crippen LogP contribution in [0.3, 0.4) is 0 Å². The number of nitrogens with one attached hydrogen (secondary N) is 1. The highest BCUT2D eigenvalue weighted by atomic mass is 35.5. The van der Waals surface area contributed by atoms with Gasteiger partial charge in [0.15, 0.2) is 0 Å². The predicted molar refractivity (Wildman–Crippen MR) is 96.0 cm³/mol. The van der Waals surface area contributed by atoms with E-state index in [2.05, 4.69) is 11.9 Å². The van der Waals surface area contributed by atoms with Gasteiger partial charge in [-0.2, -0.15) is 0 Å². The molecule has 0 spiro atoms. The molecule has 1 amide bonds. The summed E-state index contributed by atoms with van der Waals surface area (Å²) in [7, 11) is 1.59. The number of halogens is 1. The zero-order valence-electron chi connectivity index (χ0n) is 13.8. The first kappa shape index (κ1) is 17.9. The number of ether oxygens (including phenoxy) is 2. The van der Waals surface area contributed by atoms with Gasteiger partial charge in [-0.05, 0) is 48.9 Å². The Labute approximate surface area is 147 Å². The Morgan fingerprint density at radius 1 is 1.29 bits per heavy atom. The van der Waals surface area contributed by atoms with Gasteiger partial charge in [-0.15, -0.1) is 6.58 Å². The molecular weight excluding hydrogens is 326 g/mol. The van der Waals surface area contributed by atoms with Gasteiger partial charge in [0.2, 0.25) is 0 Å². The number of hydrogen-bond donors (Lipinski definition) is 1. The van der Waals surface area contributed by atoms with Crippen molar-refractivity contribution < 1.29 is 14.3 Å². The SMILES string of the molecule is C=CCNC(=O)c1ccc(OC)c(COc2ccc(Cl)c(C)c2)c1. The van der Waals surface area contributed by atoms with E-state index in [4.69, 9.17) is 21.1 Å². The van der Waals surface area contributed by atoms with E-state index in [1.54, 1.807) is 37.5 Å². The molecule has 0 aliphatic heterocycles. The van der Waals surface area contributed by atoms with E-state index >= 15 is 0 Å². The van der Waals surface area contributed by atoms with Crippen molar-refractivity contribution in [2.75, 3.05) is 13.7 Å². The molecule has 126 valence electrons. The molecule has 0 saturated carbocycles. The molecule has 0 aromatic heterocycles. The zero-order chi connectivity index (χ0) is 17.5. The van der Waals surface area contributed by atoms with Crippen molar-refractivity contribution in [2.24, 2.45) is 0 Å². The Kier molecular flexibility index (Phi) is 6.27. The van der Waals surface area contributed by atoms with E-state index in [0.717, 1.165) is 11.1 Å². The number of amides is 1. The minimum Gasteiger partial charge on any atom is -0.496 e. The van der Waals surface area contributed by atoms with Gasteiger partial charge in [0, 0.05) is 22.7 Å². The molecule has 5 heteroatoms. The average Bonchev–Trinajstić information content (AvgIpc) is 2.60. The summed E-state index contributed by atoms with van der Waals surface area (Å²) < 4.78 is 11.1. The molecule has 0 bridgehead atoms. The second-order valence-electron chi connectivity index (χ2n) is 5.22. The predicted octanol–water partition coefficient (Wildman–Crippen LogP) is 4.15. The Hall–Kier alpha value is -2.46. The van der Waals surface area contributed by atoms with Crippen LogP contribution in [0, 0.1) is 6.92 Å². The third-order valence-electron chi connectivity index (χ3n) is 3.47. The van der Waals surface area contributed by atoms with Crippen molar-refractivity contribution in [3.63, 3.8) is 0 Å². The van der Waals surface area contributed by atoms with Crippen LogP contribution >= 0.6 is 11.6 Å². The number of hydrogen-bond acceptors (Lipinski definition) is 3. The standard InChI is InChI=1S/C19H20ClNO3/c1-4-9-21-19(22)14-5-8-18(23-3)15(11-14)12-24-16-6-7-17(20)13(2)10-16/h4-8,10-11H,1,9,12H2,2-3H3,(H,21,22). The lowest BCUT2D eigenvalue weighted by molar-refractivity contribution is 0.0958. The smallest absolute Gasteiger partial charge is 0.251 e. The van der Waals surface area contributed by atoms with Gasteiger partial charge in [-0.3, -0.25) is 4.79 Å². The monoisotopic (exact) mass is 345 g/mol. The molecule has 2 aromatic carbocycles. The quantitative estimate of drug-likeness (QED) is 0.767. The normalized spacial score (nSPS) is 10.1. The fourth-order valence-corrected chi connectivity index (χ4v) is 2.29. The van der Waals surface area contributed by atoms with E-state index in [0.29, 0.717) is 28.6 Å². The molecule has 0 saturated heterocycles. The van der Waals surface area contributed by atoms with Gasteiger partial charge in [-0.1, -0.05) is 17.7 Å². The molecule has 24 heavy (non-hydrogen) atoms. The van der Waals surface area contributed by atoms with Crippen LogP contribution in [-0.2, 0) is 6.61 Å². The number of carbonyl (C=O) groups is 1. The Balaban J connectivity index is 2.16. The number of benzene rings is 2. The molecule has 0 fully saturated rings. The maximum atomic E-state index is 12.1. The van der Waals surface area contributed by atoms with Crippen molar-refractivity contribution in [3.8, 4) is 11.5 Å². The van der Waals surface area contributed by atoms with E-state index in [9.17, 15) is 4.79 Å². The molecule has 4 nitrogen and oxygen atoms in total. The van der Waals surface area contributed by atoms with E-state index in [1.165, 1.54) is 0 Å². The van der Waals surface area contributed by atoms with Crippen LogP contribution in [0.25, 0.3) is 0 Å². The number of methoxy groups -OCH3 is 1. The van der Waals surface area contributed by atoms with Crippen molar-refractivity contribution in [2.45, 2.75) is 13.5 Å². The summed E-state index contributed by atoms with van der Waals surface area (Å²) in [6.07, 6.45) is 1.63. The van der Waals surface area contributed by atoms with Gasteiger partial charge in [0.05, 0.1) is 7.11 Å². The highest BCUT2D eigenvalue weighted by molar-refractivity contribution is 6.31. The van der Waals surface area contributed by atoms with Gasteiger partial charge < -0.3 is 14.8 Å². The first-order chi connectivity index (χ1) is 11.5. The van der Waals surface area contributed by atoms with Crippen molar-refractivity contribution >= 4 is 17.5 Å². The van der Waals surface area contributed by atoms with Crippen LogP contribution in [0.1, 0.15) is 21.5 Å². The third kappa shape index (κ3) is 4.52. The lowest BCUT2D eigenvalue weighted by atomic mass is 10.1. The second kappa shape index (κ2) is 8.41. The minimum atomic E-state index is -0.166. The molecule has 0 radical (unpaired) electrons. The fourth-order valence-electron chi connectivity index (χ4n) is 2.17. The maximum absolute atomic E-state index is 12.1. The molecule has 0 aliphatic carbocycles. The summed E-state index contributed by atoms with van der Waals surface area (Å²) in [5.74, 6) is 1.21. The van der Waals surface area contributed by atoms with Crippen LogP contribution in [-0.4, -0.2) is 19.6 Å². The molecular formula is C19H20ClNO3. The molecule has 1 N–H and O–H groups in total. The highest BCUT2D eigenvalue weighted by Crippen LogP contribution is 2.25. The summed E-state index contributed by atoms with van der Waals surface area (Å²) >= 11 is 6.02. The molecule has 0 heterocycles. The van der Waals surface area contributed by atoms with E-state index < -0.39 is 0 Å². The largest absolute Gasteiger partial charge is 0.496 e. The van der Waals surface area contributed by atoms with Gasteiger partial charge >= 0.3 is 0 Å². The maximum Gasteiger partial charge on any atom is 0.251 e. The summed E-state index contributed by atoms with van der Waals surface area (Å²) in [4.78, 5) is 12.1. The summed E-state index contributed by atoms with van der Waals surface area (Å²) in [6.45, 7) is 6.20. The summed E-state index contributed by atoms with van der Waals surface area (Å²) in [6, 6.07) is 10.7. The number of aryl methyl sites for hydroxylation is 1. The first-order valence-corrected chi connectivity index (χ1v) is 7.88. The first-order valence-electron chi connectivity index (χ1n) is 7.50. The zero-order valence-corrected chi connectivity index (χ0v) is 14.5. The Morgan fingerprint density at radius 2 is 2.08 bits per heavy atom. The number of rotatable bonds is 7. The fraction of sp³-hybridized carbons (Fsp3) is 0.211. The van der Waals surface area contributed by atoms with E-state index in [-0.39, 0.29) is 12.5 Å².